The second-order valence-electron chi connectivity index (χ2n) is 3.53. The first kappa shape index (κ1) is 12.9. The predicted octanol–water partition coefficient (Wildman–Crippen LogP) is 3.33. The van der Waals surface area contributed by atoms with Crippen LogP contribution in [0.25, 0.3) is 0 Å². The first-order chi connectivity index (χ1) is 8.58. The molecule has 1 amide bonds. The third-order valence-corrected chi connectivity index (χ3v) is 3.18. The number of aromatic nitrogens is 1. The summed E-state index contributed by atoms with van der Waals surface area (Å²) in [6, 6.07) is 8.35. The molecule has 2 rings (SSSR count). The van der Waals surface area contributed by atoms with Gasteiger partial charge in [0, 0.05) is 16.4 Å². The Morgan fingerprint density at radius 2 is 2.17 bits per heavy atom. The van der Waals surface area contributed by atoms with Crippen LogP contribution in [0.1, 0.15) is 10.5 Å². The maximum Gasteiger partial charge on any atom is 0.275 e. The lowest BCUT2D eigenvalue weighted by Gasteiger charge is -2.08. The van der Waals surface area contributed by atoms with Crippen LogP contribution in [0, 0.1) is 0 Å². The molecule has 0 aliphatic rings. The molecular formula is C12H9BrClN3O. The van der Waals surface area contributed by atoms with Gasteiger partial charge in [0.25, 0.3) is 5.91 Å². The molecule has 0 unspecified atom stereocenters. The molecule has 0 radical (unpaired) electrons. The Kier molecular flexibility index (Phi) is 3.84. The molecule has 0 atom stereocenters. The Balaban J connectivity index is 2.27. The molecule has 0 saturated carbocycles. The van der Waals surface area contributed by atoms with Crippen LogP contribution >= 0.6 is 27.5 Å². The number of pyridine rings is 1. The average molecular weight is 327 g/mol. The number of benzene rings is 1. The van der Waals surface area contributed by atoms with Crippen LogP contribution in [0.15, 0.2) is 41.0 Å². The van der Waals surface area contributed by atoms with Gasteiger partial charge in [-0.05, 0) is 46.3 Å². The molecular weight excluding hydrogens is 318 g/mol. The van der Waals surface area contributed by atoms with Gasteiger partial charge in [0.15, 0.2) is 0 Å². The third-order valence-electron chi connectivity index (χ3n) is 2.21. The summed E-state index contributed by atoms with van der Waals surface area (Å²) in [6.45, 7) is 0. The van der Waals surface area contributed by atoms with E-state index in [0.29, 0.717) is 20.9 Å². The maximum atomic E-state index is 12.0. The SMILES string of the molecule is Nc1ccc(Cl)c(NC(=O)c2ncccc2Br)c1. The molecule has 1 aromatic carbocycles. The maximum absolute atomic E-state index is 12.0. The van der Waals surface area contributed by atoms with Crippen LogP contribution in [-0.4, -0.2) is 10.9 Å². The lowest BCUT2D eigenvalue weighted by molar-refractivity contribution is 0.102. The lowest BCUT2D eigenvalue weighted by Crippen LogP contribution is -2.14. The topological polar surface area (TPSA) is 68.0 Å². The highest BCUT2D eigenvalue weighted by Gasteiger charge is 2.12. The van der Waals surface area contributed by atoms with Crippen LogP contribution < -0.4 is 11.1 Å². The van der Waals surface area contributed by atoms with Crippen molar-refractivity contribution in [3.05, 3.63) is 51.7 Å². The number of nitrogens with one attached hydrogen (secondary N) is 1. The molecule has 0 fully saturated rings. The van der Waals surface area contributed by atoms with Gasteiger partial charge in [-0.25, -0.2) is 4.98 Å². The van der Waals surface area contributed by atoms with Gasteiger partial charge in [-0.1, -0.05) is 11.6 Å². The van der Waals surface area contributed by atoms with Crippen LogP contribution in [-0.2, 0) is 0 Å². The summed E-state index contributed by atoms with van der Waals surface area (Å²) in [5.41, 5.74) is 6.91. The molecule has 0 aliphatic heterocycles. The fourth-order valence-corrected chi connectivity index (χ4v) is 1.97. The highest BCUT2D eigenvalue weighted by Crippen LogP contribution is 2.25. The Hall–Kier alpha value is -1.59. The van der Waals surface area contributed by atoms with E-state index >= 15 is 0 Å². The number of nitrogens with two attached hydrogens (primary N) is 1. The highest BCUT2D eigenvalue weighted by molar-refractivity contribution is 9.10. The Morgan fingerprint density at radius 1 is 1.39 bits per heavy atom. The first-order valence-electron chi connectivity index (χ1n) is 5.05. The second-order valence-corrected chi connectivity index (χ2v) is 4.79. The zero-order valence-corrected chi connectivity index (χ0v) is 11.5. The van der Waals surface area contributed by atoms with Crippen molar-refractivity contribution >= 4 is 44.8 Å². The Labute approximate surface area is 117 Å². The van der Waals surface area contributed by atoms with E-state index in [2.05, 4.69) is 26.2 Å². The smallest absolute Gasteiger partial charge is 0.275 e. The summed E-state index contributed by atoms with van der Waals surface area (Å²) in [6.07, 6.45) is 1.54. The summed E-state index contributed by atoms with van der Waals surface area (Å²) in [5.74, 6) is -0.352. The molecule has 1 heterocycles. The quantitative estimate of drug-likeness (QED) is 0.832. The van der Waals surface area contributed by atoms with Crippen molar-refractivity contribution < 1.29 is 4.79 Å². The van der Waals surface area contributed by atoms with Crippen LogP contribution in [0.5, 0.6) is 0 Å². The fraction of sp³-hybridized carbons (Fsp3) is 0. The van der Waals surface area contributed by atoms with Crippen molar-refractivity contribution in [2.45, 2.75) is 0 Å². The molecule has 0 spiro atoms. The number of halogens is 2. The van der Waals surface area contributed by atoms with Crippen molar-refractivity contribution in [2.75, 3.05) is 11.1 Å². The third kappa shape index (κ3) is 2.80. The second kappa shape index (κ2) is 5.37. The van der Waals surface area contributed by atoms with E-state index in [4.69, 9.17) is 17.3 Å². The van der Waals surface area contributed by atoms with Crippen molar-refractivity contribution in [1.82, 2.24) is 4.98 Å². The molecule has 0 aliphatic carbocycles. The number of hydrogen-bond donors (Lipinski definition) is 2. The van der Waals surface area contributed by atoms with Gasteiger partial charge in [-0.2, -0.15) is 0 Å². The number of nitrogen functional groups attached to an aromatic ring is 1. The van der Waals surface area contributed by atoms with Gasteiger partial charge < -0.3 is 11.1 Å². The van der Waals surface area contributed by atoms with Gasteiger partial charge in [0.05, 0.1) is 10.7 Å². The summed E-state index contributed by atoms with van der Waals surface area (Å²) < 4.78 is 0.613. The Bertz CT molecular complexity index is 604. The van der Waals surface area contributed by atoms with Crippen molar-refractivity contribution in [2.24, 2.45) is 0 Å². The van der Waals surface area contributed by atoms with Gasteiger partial charge in [0.1, 0.15) is 5.69 Å². The number of anilines is 2. The normalized spacial score (nSPS) is 10.1. The van der Waals surface area contributed by atoms with E-state index in [1.54, 1.807) is 36.5 Å². The van der Waals surface area contributed by atoms with Gasteiger partial charge in [-0.15, -0.1) is 0 Å². The molecule has 0 saturated heterocycles. The first-order valence-corrected chi connectivity index (χ1v) is 6.22. The number of amides is 1. The summed E-state index contributed by atoms with van der Waals surface area (Å²) in [4.78, 5) is 16.0. The molecule has 4 nitrogen and oxygen atoms in total. The monoisotopic (exact) mass is 325 g/mol. The van der Waals surface area contributed by atoms with Crippen molar-refractivity contribution in [3.63, 3.8) is 0 Å². The van der Waals surface area contributed by atoms with Gasteiger partial charge in [-0.3, -0.25) is 4.79 Å². The fourth-order valence-electron chi connectivity index (χ4n) is 1.37. The average Bonchev–Trinajstić information content (AvgIpc) is 2.34. The van der Waals surface area contributed by atoms with Gasteiger partial charge >= 0.3 is 0 Å². The minimum Gasteiger partial charge on any atom is -0.399 e. The summed E-state index contributed by atoms with van der Waals surface area (Å²) in [7, 11) is 0. The van der Waals surface area contributed by atoms with Crippen molar-refractivity contribution in [3.8, 4) is 0 Å². The number of nitrogens with zero attached hydrogens (tertiary/aromatic N) is 1. The molecule has 2 aromatic rings. The predicted molar refractivity (Wildman–Crippen MR) is 75.8 cm³/mol. The highest BCUT2D eigenvalue weighted by atomic mass is 79.9. The van der Waals surface area contributed by atoms with E-state index in [-0.39, 0.29) is 11.6 Å². The molecule has 3 N–H and O–H groups in total. The zero-order chi connectivity index (χ0) is 13.1. The molecule has 18 heavy (non-hydrogen) atoms. The standard InChI is InChI=1S/C12H9BrClN3O/c13-8-2-1-5-16-11(8)12(18)17-10-6-7(15)3-4-9(10)14/h1-6H,15H2,(H,17,18). The minimum absolute atomic E-state index is 0.288. The molecule has 1 aromatic heterocycles. The number of rotatable bonds is 2. The van der Waals surface area contributed by atoms with Crippen LogP contribution in [0.4, 0.5) is 11.4 Å². The lowest BCUT2D eigenvalue weighted by atomic mass is 10.2. The van der Waals surface area contributed by atoms with E-state index in [0.717, 1.165) is 0 Å². The van der Waals surface area contributed by atoms with E-state index < -0.39 is 0 Å². The molecule has 6 heteroatoms. The number of hydrogen-bond acceptors (Lipinski definition) is 3. The number of carbonyl (C=O) groups is 1. The van der Waals surface area contributed by atoms with Crippen molar-refractivity contribution in [1.29, 1.82) is 0 Å². The van der Waals surface area contributed by atoms with E-state index in [9.17, 15) is 4.79 Å². The number of carbonyl (C=O) groups excluding carboxylic acids is 1. The van der Waals surface area contributed by atoms with Crippen LogP contribution in [0.3, 0.4) is 0 Å². The summed E-state index contributed by atoms with van der Waals surface area (Å²) >= 11 is 9.23. The van der Waals surface area contributed by atoms with E-state index in [1.807, 2.05) is 0 Å². The van der Waals surface area contributed by atoms with Crippen LogP contribution in [0.2, 0.25) is 5.02 Å². The largest absolute Gasteiger partial charge is 0.399 e. The van der Waals surface area contributed by atoms with E-state index in [1.165, 1.54) is 0 Å². The summed E-state index contributed by atoms with van der Waals surface area (Å²) in [5, 5.41) is 3.09. The zero-order valence-electron chi connectivity index (χ0n) is 9.15. The minimum atomic E-state index is -0.352. The van der Waals surface area contributed by atoms with Gasteiger partial charge in [0.2, 0.25) is 0 Å². The Morgan fingerprint density at radius 3 is 2.89 bits per heavy atom. The molecule has 92 valence electrons. The molecule has 0 bridgehead atoms.